The van der Waals surface area contributed by atoms with Gasteiger partial charge in [0.2, 0.25) is 5.91 Å². The topological polar surface area (TPSA) is 127 Å². The Bertz CT molecular complexity index is 504. The van der Waals surface area contributed by atoms with E-state index in [1.54, 1.807) is 0 Å². The van der Waals surface area contributed by atoms with Gasteiger partial charge in [-0.05, 0) is 18.4 Å². The highest BCUT2D eigenvalue weighted by molar-refractivity contribution is 7.98. The molecule has 1 aromatic heterocycles. The van der Waals surface area contributed by atoms with Crippen molar-refractivity contribution in [2.24, 2.45) is 0 Å². The maximum Gasteiger partial charge on any atom is 0.326 e. The molecule has 0 radical (unpaired) electrons. The number of aliphatic carboxylic acids is 1. The van der Waals surface area contributed by atoms with Crippen LogP contribution in [0.2, 0.25) is 0 Å². The molecule has 0 aromatic carbocycles. The van der Waals surface area contributed by atoms with Crippen LogP contribution in [0.5, 0.6) is 0 Å². The highest BCUT2D eigenvalue weighted by atomic mass is 32.2. The molecule has 0 saturated carbocycles. The maximum absolute atomic E-state index is 11.7. The Balaban J connectivity index is 2.56. The van der Waals surface area contributed by atoms with Crippen LogP contribution in [0.3, 0.4) is 0 Å². The van der Waals surface area contributed by atoms with Crippen molar-refractivity contribution in [3.63, 3.8) is 0 Å². The lowest BCUT2D eigenvalue weighted by molar-refractivity contribution is -0.385. The van der Waals surface area contributed by atoms with E-state index in [1.165, 1.54) is 11.8 Å². The van der Waals surface area contributed by atoms with Crippen molar-refractivity contribution >= 4 is 29.3 Å². The van der Waals surface area contributed by atoms with E-state index in [0.717, 1.165) is 17.1 Å². The first-order valence-electron chi connectivity index (χ1n) is 5.62. The quantitative estimate of drug-likeness (QED) is 0.515. The fourth-order valence-electron chi connectivity index (χ4n) is 1.41. The molecule has 0 aliphatic heterocycles. The molecular formula is C10H14N4O5S. The third-order valence-corrected chi connectivity index (χ3v) is 3.02. The largest absolute Gasteiger partial charge is 0.480 e. The number of carboxylic acids is 1. The summed E-state index contributed by atoms with van der Waals surface area (Å²) in [6, 6.07) is -0.972. The Morgan fingerprint density at radius 3 is 2.85 bits per heavy atom. The Kier molecular flexibility index (Phi) is 5.97. The fraction of sp³-hybridized carbons (Fsp3) is 0.500. The number of rotatable bonds is 8. The highest BCUT2D eigenvalue weighted by Gasteiger charge is 2.20. The third kappa shape index (κ3) is 4.88. The van der Waals surface area contributed by atoms with Crippen molar-refractivity contribution in [3.8, 4) is 0 Å². The number of amides is 1. The molecule has 0 bridgehead atoms. The van der Waals surface area contributed by atoms with Crippen LogP contribution in [0.4, 0.5) is 5.69 Å². The molecule has 0 spiro atoms. The minimum absolute atomic E-state index is 0.227. The van der Waals surface area contributed by atoms with E-state index in [4.69, 9.17) is 5.11 Å². The van der Waals surface area contributed by atoms with Gasteiger partial charge in [-0.15, -0.1) is 0 Å². The van der Waals surface area contributed by atoms with Gasteiger partial charge >= 0.3 is 11.7 Å². The second kappa shape index (κ2) is 7.48. The van der Waals surface area contributed by atoms with E-state index in [-0.39, 0.29) is 12.2 Å². The molecule has 1 amide bonds. The van der Waals surface area contributed by atoms with E-state index in [2.05, 4.69) is 10.4 Å². The summed E-state index contributed by atoms with van der Waals surface area (Å²) in [6.45, 7) is -0.267. The molecule has 9 nitrogen and oxygen atoms in total. The molecule has 2 N–H and O–H groups in total. The SMILES string of the molecule is CSCC[C@H](NC(=O)Cn1cc([N+](=O)[O-])cn1)C(=O)O. The highest BCUT2D eigenvalue weighted by Crippen LogP contribution is 2.07. The van der Waals surface area contributed by atoms with E-state index in [9.17, 15) is 19.7 Å². The number of aromatic nitrogens is 2. The van der Waals surface area contributed by atoms with Crippen LogP contribution in [-0.4, -0.2) is 49.7 Å². The van der Waals surface area contributed by atoms with Crippen molar-refractivity contribution < 1.29 is 19.6 Å². The van der Waals surface area contributed by atoms with Gasteiger partial charge in [-0.3, -0.25) is 19.6 Å². The summed E-state index contributed by atoms with van der Waals surface area (Å²) in [4.78, 5) is 32.4. The number of nitro groups is 1. The predicted octanol–water partition coefficient (Wildman–Crippen LogP) is 0.114. The van der Waals surface area contributed by atoms with Gasteiger partial charge in [-0.25, -0.2) is 4.79 Å². The molecule has 0 saturated heterocycles. The lowest BCUT2D eigenvalue weighted by atomic mass is 10.2. The second-order valence-corrected chi connectivity index (χ2v) is 4.88. The molecule has 0 fully saturated rings. The van der Waals surface area contributed by atoms with Crippen LogP contribution in [0.25, 0.3) is 0 Å². The number of carbonyl (C=O) groups excluding carboxylic acids is 1. The van der Waals surface area contributed by atoms with Crippen molar-refractivity contribution in [1.82, 2.24) is 15.1 Å². The number of carbonyl (C=O) groups is 2. The zero-order chi connectivity index (χ0) is 15.1. The molecular weight excluding hydrogens is 288 g/mol. The Morgan fingerprint density at radius 2 is 2.35 bits per heavy atom. The van der Waals surface area contributed by atoms with Gasteiger partial charge < -0.3 is 10.4 Å². The van der Waals surface area contributed by atoms with Crippen LogP contribution in [0.15, 0.2) is 12.4 Å². The minimum atomic E-state index is -1.11. The van der Waals surface area contributed by atoms with Crippen LogP contribution >= 0.6 is 11.8 Å². The molecule has 0 unspecified atom stereocenters. The molecule has 1 aromatic rings. The van der Waals surface area contributed by atoms with Gasteiger partial charge in [0.15, 0.2) is 0 Å². The monoisotopic (exact) mass is 302 g/mol. The first-order chi connectivity index (χ1) is 9.43. The van der Waals surface area contributed by atoms with Crippen LogP contribution < -0.4 is 5.32 Å². The lowest BCUT2D eigenvalue weighted by Gasteiger charge is -2.13. The van der Waals surface area contributed by atoms with Crippen molar-refractivity contribution in [3.05, 3.63) is 22.5 Å². The summed E-state index contributed by atoms with van der Waals surface area (Å²) >= 11 is 1.48. The Morgan fingerprint density at radius 1 is 1.65 bits per heavy atom. The number of nitrogens with one attached hydrogen (secondary N) is 1. The van der Waals surface area contributed by atoms with Crippen molar-refractivity contribution in [2.45, 2.75) is 19.0 Å². The van der Waals surface area contributed by atoms with Gasteiger partial charge in [-0.2, -0.15) is 16.9 Å². The van der Waals surface area contributed by atoms with Crippen molar-refractivity contribution in [1.29, 1.82) is 0 Å². The van der Waals surface area contributed by atoms with Gasteiger partial charge in [-0.1, -0.05) is 0 Å². The molecule has 0 aliphatic carbocycles. The normalized spacial score (nSPS) is 11.8. The smallest absolute Gasteiger partial charge is 0.326 e. The van der Waals surface area contributed by atoms with Crippen LogP contribution in [0.1, 0.15) is 6.42 Å². The summed E-state index contributed by atoms with van der Waals surface area (Å²) in [5.74, 6) is -1.07. The first-order valence-corrected chi connectivity index (χ1v) is 7.01. The molecule has 10 heteroatoms. The fourth-order valence-corrected chi connectivity index (χ4v) is 1.89. The summed E-state index contributed by atoms with van der Waals surface area (Å²) < 4.78 is 1.08. The first kappa shape index (κ1) is 16.0. The molecule has 1 rings (SSSR count). The number of carboxylic acid groups (broad SMARTS) is 1. The minimum Gasteiger partial charge on any atom is -0.480 e. The third-order valence-electron chi connectivity index (χ3n) is 2.38. The zero-order valence-electron chi connectivity index (χ0n) is 10.7. The van der Waals surface area contributed by atoms with Gasteiger partial charge in [0.05, 0.1) is 4.92 Å². The summed E-state index contributed by atoms with van der Waals surface area (Å²) in [6.07, 6.45) is 4.28. The standard InChI is InChI=1S/C10H14N4O5S/c1-20-3-2-8(10(16)17)12-9(15)6-13-5-7(4-11-13)14(18)19/h4-5,8H,2-3,6H2,1H3,(H,12,15)(H,16,17)/t8-/m0/s1. The molecule has 1 atom stereocenters. The number of hydrogen-bond donors (Lipinski definition) is 2. The molecule has 20 heavy (non-hydrogen) atoms. The van der Waals surface area contributed by atoms with Gasteiger partial charge in [0.1, 0.15) is 25.0 Å². The number of thioether (sulfide) groups is 1. The summed E-state index contributed by atoms with van der Waals surface area (Å²) in [7, 11) is 0. The van der Waals surface area contributed by atoms with Crippen molar-refractivity contribution in [2.75, 3.05) is 12.0 Å². The Hall–Kier alpha value is -2.10. The van der Waals surface area contributed by atoms with E-state index in [0.29, 0.717) is 12.2 Å². The number of hydrogen-bond acceptors (Lipinski definition) is 6. The molecule has 0 aliphatic rings. The summed E-state index contributed by atoms with van der Waals surface area (Å²) in [5.41, 5.74) is -0.227. The van der Waals surface area contributed by atoms with Gasteiger partial charge in [0.25, 0.3) is 0 Å². The summed E-state index contributed by atoms with van der Waals surface area (Å²) in [5, 5.41) is 25.4. The van der Waals surface area contributed by atoms with E-state index < -0.39 is 22.8 Å². The van der Waals surface area contributed by atoms with E-state index in [1.807, 2.05) is 6.26 Å². The molecule has 110 valence electrons. The van der Waals surface area contributed by atoms with Crippen LogP contribution in [0, 0.1) is 10.1 Å². The lowest BCUT2D eigenvalue weighted by Crippen LogP contribution is -2.42. The maximum atomic E-state index is 11.7. The predicted molar refractivity (Wildman–Crippen MR) is 71.4 cm³/mol. The Labute approximate surface area is 118 Å². The van der Waals surface area contributed by atoms with Crippen LogP contribution in [-0.2, 0) is 16.1 Å². The zero-order valence-corrected chi connectivity index (χ0v) is 11.5. The average molecular weight is 302 g/mol. The second-order valence-electron chi connectivity index (χ2n) is 3.89. The van der Waals surface area contributed by atoms with Gasteiger partial charge in [0, 0.05) is 0 Å². The number of nitrogens with zero attached hydrogens (tertiary/aromatic N) is 3. The molecule has 1 heterocycles. The average Bonchev–Trinajstić information content (AvgIpc) is 2.82. The van der Waals surface area contributed by atoms with E-state index >= 15 is 0 Å².